The Morgan fingerprint density at radius 2 is 1.68 bits per heavy atom. The minimum absolute atomic E-state index is 0.0406. The van der Waals surface area contributed by atoms with Crippen LogP contribution in [0.3, 0.4) is 0 Å². The van der Waals surface area contributed by atoms with Crippen LogP contribution < -0.4 is 5.32 Å². The van der Waals surface area contributed by atoms with Crippen molar-refractivity contribution in [2.24, 2.45) is 17.8 Å². The fourth-order valence-corrected chi connectivity index (χ4v) is 3.70. The van der Waals surface area contributed by atoms with Gasteiger partial charge < -0.3 is 10.4 Å². The summed E-state index contributed by atoms with van der Waals surface area (Å²) in [6.07, 6.45) is 6.91. The highest BCUT2D eigenvalue weighted by Gasteiger charge is 2.42. The van der Waals surface area contributed by atoms with Crippen LogP contribution in [0.25, 0.3) is 0 Å². The first-order valence-electron chi connectivity index (χ1n) is 7.46. The predicted molar refractivity (Wildman–Crippen MR) is 72.6 cm³/mol. The van der Waals surface area contributed by atoms with Gasteiger partial charge in [-0.2, -0.15) is 0 Å². The molecule has 19 heavy (non-hydrogen) atoms. The maximum atomic E-state index is 12.4. The molecule has 0 aromatic carbocycles. The fraction of sp³-hybridized carbons (Fsp3) is 0.867. The van der Waals surface area contributed by atoms with Crippen molar-refractivity contribution in [3.63, 3.8) is 0 Å². The number of hydrogen-bond donors (Lipinski definition) is 2. The Hall–Kier alpha value is -1.06. The van der Waals surface area contributed by atoms with Gasteiger partial charge in [-0.25, -0.2) is 0 Å². The first kappa shape index (κ1) is 14.4. The van der Waals surface area contributed by atoms with E-state index in [2.05, 4.69) is 12.2 Å². The highest BCUT2D eigenvalue weighted by Crippen LogP contribution is 2.37. The molecular formula is C15H25NO3. The number of rotatable bonds is 3. The highest BCUT2D eigenvalue weighted by molar-refractivity contribution is 5.85. The minimum Gasteiger partial charge on any atom is -0.481 e. The smallest absolute Gasteiger partial charge is 0.307 e. The van der Waals surface area contributed by atoms with E-state index < -0.39 is 11.9 Å². The number of carbonyl (C=O) groups excluding carboxylic acids is 1. The molecule has 0 saturated heterocycles. The summed E-state index contributed by atoms with van der Waals surface area (Å²) in [5.74, 6) is -1.37. The van der Waals surface area contributed by atoms with E-state index >= 15 is 0 Å². The van der Waals surface area contributed by atoms with Crippen LogP contribution in [0.15, 0.2) is 0 Å². The number of carboxylic acid groups (broad SMARTS) is 1. The summed E-state index contributed by atoms with van der Waals surface area (Å²) < 4.78 is 0. The van der Waals surface area contributed by atoms with E-state index in [-0.39, 0.29) is 17.4 Å². The Morgan fingerprint density at radius 3 is 2.26 bits per heavy atom. The van der Waals surface area contributed by atoms with E-state index in [9.17, 15) is 14.7 Å². The van der Waals surface area contributed by atoms with E-state index in [0.29, 0.717) is 18.8 Å². The second-order valence-electron chi connectivity index (χ2n) is 6.74. The fourth-order valence-electron chi connectivity index (χ4n) is 3.70. The van der Waals surface area contributed by atoms with Crippen molar-refractivity contribution in [1.82, 2.24) is 5.32 Å². The van der Waals surface area contributed by atoms with E-state index in [0.717, 1.165) is 25.7 Å². The van der Waals surface area contributed by atoms with Gasteiger partial charge >= 0.3 is 5.97 Å². The molecule has 1 amide bonds. The van der Waals surface area contributed by atoms with E-state index in [4.69, 9.17) is 0 Å². The average Bonchev–Trinajstić information content (AvgIpc) is 2.72. The summed E-state index contributed by atoms with van der Waals surface area (Å²) in [5, 5.41) is 12.4. The molecule has 2 rings (SSSR count). The van der Waals surface area contributed by atoms with Gasteiger partial charge in [0, 0.05) is 5.54 Å². The molecule has 0 heterocycles. The third-order valence-electron chi connectivity index (χ3n) is 4.83. The number of nitrogens with one attached hydrogen (secondary N) is 1. The summed E-state index contributed by atoms with van der Waals surface area (Å²) in [4.78, 5) is 23.7. The molecule has 0 bridgehead atoms. The lowest BCUT2D eigenvalue weighted by molar-refractivity contribution is -0.146. The molecule has 2 saturated carbocycles. The van der Waals surface area contributed by atoms with Crippen LogP contribution in [-0.2, 0) is 9.59 Å². The highest BCUT2D eigenvalue weighted by atomic mass is 16.4. The number of carboxylic acids is 1. The molecule has 2 aliphatic rings. The molecule has 1 unspecified atom stereocenters. The Labute approximate surface area is 115 Å². The normalized spacial score (nSPS) is 33.9. The molecule has 2 fully saturated rings. The summed E-state index contributed by atoms with van der Waals surface area (Å²) in [6.45, 7) is 4.13. The third kappa shape index (κ3) is 3.28. The summed E-state index contributed by atoms with van der Waals surface area (Å²) in [6, 6.07) is 0. The van der Waals surface area contributed by atoms with Gasteiger partial charge in [-0.1, -0.05) is 26.2 Å². The average molecular weight is 267 g/mol. The van der Waals surface area contributed by atoms with Gasteiger partial charge in [-0.3, -0.25) is 9.59 Å². The van der Waals surface area contributed by atoms with Gasteiger partial charge in [0.15, 0.2) is 0 Å². The van der Waals surface area contributed by atoms with Gasteiger partial charge in [0.2, 0.25) is 5.91 Å². The molecule has 0 aromatic heterocycles. The molecule has 108 valence electrons. The van der Waals surface area contributed by atoms with E-state index in [1.165, 1.54) is 6.42 Å². The van der Waals surface area contributed by atoms with Crippen LogP contribution in [0, 0.1) is 17.8 Å². The second-order valence-corrected chi connectivity index (χ2v) is 6.74. The molecule has 0 radical (unpaired) electrons. The Bertz CT molecular complexity index is 360. The van der Waals surface area contributed by atoms with Crippen molar-refractivity contribution in [2.75, 3.05) is 0 Å². The zero-order valence-electron chi connectivity index (χ0n) is 11.9. The van der Waals surface area contributed by atoms with Gasteiger partial charge in [0.25, 0.3) is 0 Å². The van der Waals surface area contributed by atoms with Crippen LogP contribution in [0.1, 0.15) is 58.8 Å². The maximum Gasteiger partial charge on any atom is 0.307 e. The van der Waals surface area contributed by atoms with Crippen molar-refractivity contribution in [3.8, 4) is 0 Å². The maximum absolute atomic E-state index is 12.4. The van der Waals surface area contributed by atoms with Crippen LogP contribution >= 0.6 is 0 Å². The Kier molecular flexibility index (Phi) is 4.16. The Morgan fingerprint density at radius 1 is 1.11 bits per heavy atom. The van der Waals surface area contributed by atoms with Crippen molar-refractivity contribution in [1.29, 1.82) is 0 Å². The summed E-state index contributed by atoms with van der Waals surface area (Å²) >= 11 is 0. The third-order valence-corrected chi connectivity index (χ3v) is 4.83. The number of carbonyl (C=O) groups is 2. The molecule has 0 aliphatic heterocycles. The number of aliphatic carboxylic acids is 1. The van der Waals surface area contributed by atoms with Crippen LogP contribution in [-0.4, -0.2) is 22.5 Å². The minimum atomic E-state index is -0.821. The standard InChI is InChI=1S/C15H25NO3/c1-10-8-11(12(9-10)14(18)19)13(17)16-15(2)6-4-3-5-7-15/h10-12H,3-9H2,1-2H3,(H,16,17)(H,18,19)/t10?,11-,12+/m0/s1. The first-order chi connectivity index (χ1) is 8.91. The molecular weight excluding hydrogens is 242 g/mol. The van der Waals surface area contributed by atoms with Crippen LogP contribution in [0.5, 0.6) is 0 Å². The lowest BCUT2D eigenvalue weighted by Crippen LogP contribution is -2.50. The topological polar surface area (TPSA) is 66.4 Å². The van der Waals surface area contributed by atoms with Crippen LogP contribution in [0.4, 0.5) is 0 Å². The van der Waals surface area contributed by atoms with Gasteiger partial charge in [0.1, 0.15) is 0 Å². The lowest BCUT2D eigenvalue weighted by atomic mass is 9.82. The van der Waals surface area contributed by atoms with Crippen molar-refractivity contribution >= 4 is 11.9 Å². The van der Waals surface area contributed by atoms with Gasteiger partial charge in [0.05, 0.1) is 11.8 Å². The van der Waals surface area contributed by atoms with E-state index in [1.54, 1.807) is 0 Å². The largest absolute Gasteiger partial charge is 0.481 e. The SMILES string of the molecule is CC1C[C@H](C(=O)NC2(C)CCCCC2)[C@H](C(=O)O)C1. The van der Waals surface area contributed by atoms with E-state index in [1.807, 2.05) is 6.92 Å². The van der Waals surface area contributed by atoms with Gasteiger partial charge in [-0.05, 0) is 38.5 Å². The van der Waals surface area contributed by atoms with Gasteiger partial charge in [-0.15, -0.1) is 0 Å². The first-order valence-corrected chi connectivity index (χ1v) is 7.46. The summed E-state index contributed by atoms with van der Waals surface area (Å²) in [5.41, 5.74) is -0.121. The second kappa shape index (κ2) is 5.51. The molecule has 0 aromatic rings. The number of amides is 1. The summed E-state index contributed by atoms with van der Waals surface area (Å²) in [7, 11) is 0. The molecule has 2 aliphatic carbocycles. The molecule has 2 N–H and O–H groups in total. The zero-order valence-corrected chi connectivity index (χ0v) is 11.9. The molecule has 3 atom stereocenters. The van der Waals surface area contributed by atoms with Crippen LogP contribution in [0.2, 0.25) is 0 Å². The number of hydrogen-bond acceptors (Lipinski definition) is 2. The van der Waals surface area contributed by atoms with Crippen molar-refractivity contribution < 1.29 is 14.7 Å². The molecule has 0 spiro atoms. The molecule has 4 nitrogen and oxygen atoms in total. The quantitative estimate of drug-likeness (QED) is 0.826. The lowest BCUT2D eigenvalue weighted by Gasteiger charge is -2.35. The van der Waals surface area contributed by atoms with Crippen molar-refractivity contribution in [3.05, 3.63) is 0 Å². The Balaban J connectivity index is 2.00. The van der Waals surface area contributed by atoms with Crippen molar-refractivity contribution in [2.45, 2.75) is 64.3 Å². The zero-order chi connectivity index (χ0) is 14.0. The predicted octanol–water partition coefficient (Wildman–Crippen LogP) is 2.57. The monoisotopic (exact) mass is 267 g/mol. The molecule has 4 heteroatoms.